The van der Waals surface area contributed by atoms with E-state index in [4.69, 9.17) is 4.74 Å². The summed E-state index contributed by atoms with van der Waals surface area (Å²) in [5, 5.41) is 3.89. The fraction of sp³-hybridized carbons (Fsp3) is 0.214. The molecule has 2 heterocycles. The lowest BCUT2D eigenvalue weighted by atomic mass is 9.98. The monoisotopic (exact) mass is 453 g/mol. The highest BCUT2D eigenvalue weighted by Crippen LogP contribution is 2.22. The third-order valence-corrected chi connectivity index (χ3v) is 6.34. The van der Waals surface area contributed by atoms with Crippen LogP contribution in [0.15, 0.2) is 85.1 Å². The number of nitrogens with one attached hydrogen (secondary N) is 2. The lowest BCUT2D eigenvalue weighted by Crippen LogP contribution is -2.51. The SMILES string of the molecule is O=C(NC(Cc1c[nH]c2ccccc12)C(=O)N1CCc2ccccc2C1)OCc1ccccc1. The van der Waals surface area contributed by atoms with E-state index in [9.17, 15) is 9.59 Å². The second kappa shape index (κ2) is 9.83. The van der Waals surface area contributed by atoms with Gasteiger partial charge in [0.2, 0.25) is 5.91 Å². The lowest BCUT2D eigenvalue weighted by Gasteiger charge is -2.32. The van der Waals surface area contributed by atoms with Gasteiger partial charge in [-0.05, 0) is 34.7 Å². The number of nitrogens with zero attached hydrogens (tertiary/aromatic N) is 1. The third-order valence-electron chi connectivity index (χ3n) is 6.34. The van der Waals surface area contributed by atoms with Crippen molar-refractivity contribution in [1.29, 1.82) is 0 Å². The number of amides is 2. The van der Waals surface area contributed by atoms with E-state index in [1.54, 1.807) is 0 Å². The maximum Gasteiger partial charge on any atom is 0.408 e. The molecule has 0 bridgehead atoms. The second-order valence-electron chi connectivity index (χ2n) is 8.60. The van der Waals surface area contributed by atoms with Crippen LogP contribution in [0.4, 0.5) is 4.79 Å². The van der Waals surface area contributed by atoms with Gasteiger partial charge < -0.3 is 19.9 Å². The summed E-state index contributed by atoms with van der Waals surface area (Å²) in [6, 6.07) is 24.9. The van der Waals surface area contributed by atoms with Crippen LogP contribution in [-0.2, 0) is 35.5 Å². The smallest absolute Gasteiger partial charge is 0.408 e. The van der Waals surface area contributed by atoms with Gasteiger partial charge in [0, 0.05) is 36.6 Å². The highest BCUT2D eigenvalue weighted by molar-refractivity contribution is 5.88. The highest BCUT2D eigenvalue weighted by atomic mass is 16.5. The van der Waals surface area contributed by atoms with Crippen molar-refractivity contribution in [1.82, 2.24) is 15.2 Å². The van der Waals surface area contributed by atoms with Crippen LogP contribution >= 0.6 is 0 Å². The van der Waals surface area contributed by atoms with Crippen molar-refractivity contribution in [3.8, 4) is 0 Å². The fourth-order valence-electron chi connectivity index (χ4n) is 4.53. The summed E-state index contributed by atoms with van der Waals surface area (Å²) < 4.78 is 5.43. The van der Waals surface area contributed by atoms with Crippen LogP contribution in [0, 0.1) is 0 Å². The molecule has 0 spiro atoms. The largest absolute Gasteiger partial charge is 0.445 e. The predicted octanol–water partition coefficient (Wildman–Crippen LogP) is 4.59. The molecule has 0 fully saturated rings. The van der Waals surface area contributed by atoms with Crippen LogP contribution in [0.3, 0.4) is 0 Å². The number of benzene rings is 3. The molecule has 0 saturated heterocycles. The summed E-state index contributed by atoms with van der Waals surface area (Å²) in [4.78, 5) is 31.4. The number of carbonyl (C=O) groups is 2. The minimum Gasteiger partial charge on any atom is -0.445 e. The molecule has 1 atom stereocenters. The zero-order chi connectivity index (χ0) is 23.3. The molecule has 172 valence electrons. The lowest BCUT2D eigenvalue weighted by molar-refractivity contribution is -0.134. The molecule has 0 aliphatic carbocycles. The number of fused-ring (bicyclic) bond motifs is 2. The van der Waals surface area contributed by atoms with Gasteiger partial charge in [-0.2, -0.15) is 0 Å². The molecule has 1 unspecified atom stereocenters. The standard InChI is InChI=1S/C28H27N3O3/c32-27(31-15-14-21-10-4-5-11-22(21)18-31)26(16-23-17-29-25-13-7-6-12-24(23)25)30-28(33)34-19-20-8-2-1-3-9-20/h1-13,17,26,29H,14-16,18-19H2,(H,30,33). The van der Waals surface area contributed by atoms with E-state index in [0.717, 1.165) is 34.0 Å². The van der Waals surface area contributed by atoms with Gasteiger partial charge in [-0.25, -0.2) is 4.79 Å². The molecule has 1 aromatic heterocycles. The number of aromatic nitrogens is 1. The fourth-order valence-corrected chi connectivity index (χ4v) is 4.53. The molecule has 0 radical (unpaired) electrons. The molecule has 1 aliphatic heterocycles. The Kier molecular flexibility index (Phi) is 6.29. The van der Waals surface area contributed by atoms with E-state index in [-0.39, 0.29) is 12.5 Å². The van der Waals surface area contributed by atoms with Crippen molar-refractivity contribution < 1.29 is 14.3 Å². The Balaban J connectivity index is 1.34. The molecule has 2 amide bonds. The van der Waals surface area contributed by atoms with E-state index in [0.29, 0.717) is 19.5 Å². The summed E-state index contributed by atoms with van der Waals surface area (Å²) >= 11 is 0. The molecule has 6 nitrogen and oxygen atoms in total. The van der Waals surface area contributed by atoms with E-state index >= 15 is 0 Å². The van der Waals surface area contributed by atoms with Gasteiger partial charge in [0.1, 0.15) is 12.6 Å². The van der Waals surface area contributed by atoms with Crippen LogP contribution in [-0.4, -0.2) is 34.5 Å². The quantitative estimate of drug-likeness (QED) is 0.448. The second-order valence-corrected chi connectivity index (χ2v) is 8.60. The summed E-state index contributed by atoms with van der Waals surface area (Å²) in [6.45, 7) is 1.32. The van der Waals surface area contributed by atoms with Crippen molar-refractivity contribution >= 4 is 22.9 Å². The first-order chi connectivity index (χ1) is 16.7. The summed E-state index contributed by atoms with van der Waals surface area (Å²) in [5.74, 6) is -0.101. The summed E-state index contributed by atoms with van der Waals surface area (Å²) in [5.41, 5.74) is 5.30. The van der Waals surface area contributed by atoms with Gasteiger partial charge in [-0.15, -0.1) is 0 Å². The van der Waals surface area contributed by atoms with Crippen molar-refractivity contribution in [2.75, 3.05) is 6.54 Å². The van der Waals surface area contributed by atoms with E-state index < -0.39 is 12.1 Å². The number of hydrogen-bond acceptors (Lipinski definition) is 3. The normalized spacial score (nSPS) is 13.8. The summed E-state index contributed by atoms with van der Waals surface area (Å²) in [6.07, 6.45) is 2.49. The number of carbonyl (C=O) groups excluding carboxylic acids is 2. The van der Waals surface area contributed by atoms with Crippen molar-refractivity contribution in [3.63, 3.8) is 0 Å². The van der Waals surface area contributed by atoms with Crippen molar-refractivity contribution in [2.24, 2.45) is 0 Å². The molecule has 4 aromatic rings. The number of H-pyrrole nitrogens is 1. The maximum absolute atomic E-state index is 13.6. The minimum absolute atomic E-state index is 0.101. The Morgan fingerprint density at radius 3 is 2.53 bits per heavy atom. The molecule has 34 heavy (non-hydrogen) atoms. The molecule has 1 aliphatic rings. The Morgan fingerprint density at radius 2 is 1.68 bits per heavy atom. The van der Waals surface area contributed by atoms with Crippen LogP contribution in [0.1, 0.15) is 22.3 Å². The predicted molar refractivity (Wildman–Crippen MR) is 131 cm³/mol. The molecular weight excluding hydrogens is 426 g/mol. The summed E-state index contributed by atoms with van der Waals surface area (Å²) in [7, 11) is 0. The van der Waals surface area contributed by atoms with Gasteiger partial charge in [0.05, 0.1) is 0 Å². The van der Waals surface area contributed by atoms with Gasteiger partial charge >= 0.3 is 6.09 Å². The van der Waals surface area contributed by atoms with Crippen molar-refractivity contribution in [3.05, 3.63) is 107 Å². The Labute approximate surface area is 198 Å². The number of alkyl carbamates (subject to hydrolysis) is 1. The first-order valence-electron chi connectivity index (χ1n) is 11.5. The Morgan fingerprint density at radius 1 is 0.941 bits per heavy atom. The maximum atomic E-state index is 13.6. The van der Waals surface area contributed by atoms with Gasteiger partial charge in [0.15, 0.2) is 0 Å². The van der Waals surface area contributed by atoms with Gasteiger partial charge in [-0.3, -0.25) is 4.79 Å². The molecule has 0 saturated carbocycles. The Hall–Kier alpha value is -4.06. The molecule has 3 aromatic carbocycles. The van der Waals surface area contributed by atoms with E-state index in [1.807, 2.05) is 77.8 Å². The highest BCUT2D eigenvalue weighted by Gasteiger charge is 2.29. The number of ether oxygens (including phenoxy) is 1. The van der Waals surface area contributed by atoms with Crippen molar-refractivity contribution in [2.45, 2.75) is 32.0 Å². The molecule has 2 N–H and O–H groups in total. The molecule has 6 heteroatoms. The molecule has 5 rings (SSSR count). The van der Waals surface area contributed by atoms with E-state index in [1.165, 1.54) is 5.56 Å². The number of para-hydroxylation sites is 1. The average Bonchev–Trinajstić information content (AvgIpc) is 3.30. The van der Waals surface area contributed by atoms with Gasteiger partial charge in [-0.1, -0.05) is 72.8 Å². The first kappa shape index (κ1) is 21.8. The van der Waals surface area contributed by atoms with Crippen LogP contribution in [0.5, 0.6) is 0 Å². The average molecular weight is 454 g/mol. The number of hydrogen-bond donors (Lipinski definition) is 2. The minimum atomic E-state index is -0.729. The zero-order valence-corrected chi connectivity index (χ0v) is 18.9. The van der Waals surface area contributed by atoms with Gasteiger partial charge in [0.25, 0.3) is 0 Å². The van der Waals surface area contributed by atoms with Crippen LogP contribution < -0.4 is 5.32 Å². The topological polar surface area (TPSA) is 74.4 Å². The van der Waals surface area contributed by atoms with Crippen LogP contribution in [0.2, 0.25) is 0 Å². The number of rotatable bonds is 6. The van der Waals surface area contributed by atoms with E-state index in [2.05, 4.69) is 22.4 Å². The first-order valence-corrected chi connectivity index (χ1v) is 11.5. The molecular formula is C28H27N3O3. The third kappa shape index (κ3) is 4.81. The zero-order valence-electron chi connectivity index (χ0n) is 18.9. The number of aromatic amines is 1. The Bertz CT molecular complexity index is 1300. The van der Waals surface area contributed by atoms with Crippen LogP contribution in [0.25, 0.3) is 10.9 Å².